The first-order valence-electron chi connectivity index (χ1n) is 9.92. The number of rotatable bonds is 8. The Bertz CT molecular complexity index is 1190. The van der Waals surface area contributed by atoms with Gasteiger partial charge in [-0.15, -0.1) is 5.10 Å². The summed E-state index contributed by atoms with van der Waals surface area (Å²) in [7, 11) is 1.44. The summed E-state index contributed by atoms with van der Waals surface area (Å²) in [5.41, 5.74) is 1.80. The van der Waals surface area contributed by atoms with Crippen molar-refractivity contribution in [1.82, 2.24) is 19.9 Å². The Morgan fingerprint density at radius 3 is 2.56 bits per heavy atom. The normalized spacial score (nSPS) is 10.6. The number of esters is 1. The van der Waals surface area contributed by atoms with Crippen LogP contribution in [-0.2, 0) is 25.7 Å². The van der Waals surface area contributed by atoms with E-state index in [9.17, 15) is 19.2 Å². The number of carbonyl (C=O) groups excluding carboxylic acids is 3. The molecule has 0 fully saturated rings. The molecule has 1 N–H and O–H groups in total. The lowest BCUT2D eigenvalue weighted by molar-refractivity contribution is -0.152. The number of nitrogens with one attached hydrogen (secondary N) is 1. The minimum atomic E-state index is -0.669. The summed E-state index contributed by atoms with van der Waals surface area (Å²) < 4.78 is 6.04. The van der Waals surface area contributed by atoms with Gasteiger partial charge < -0.3 is 15.0 Å². The molecule has 0 spiro atoms. The van der Waals surface area contributed by atoms with Crippen molar-refractivity contribution in [2.24, 2.45) is 0 Å². The number of hydrogen-bond donors (Lipinski definition) is 1. The van der Waals surface area contributed by atoms with E-state index in [1.807, 2.05) is 19.1 Å². The maximum atomic E-state index is 12.4. The molecule has 0 saturated carbocycles. The van der Waals surface area contributed by atoms with Crippen molar-refractivity contribution >= 4 is 34.4 Å². The van der Waals surface area contributed by atoms with Crippen LogP contribution in [0.25, 0.3) is 10.9 Å². The number of aromatic nitrogens is 3. The molecule has 10 nitrogen and oxygen atoms in total. The summed E-state index contributed by atoms with van der Waals surface area (Å²) >= 11 is 0. The van der Waals surface area contributed by atoms with Gasteiger partial charge in [0.2, 0.25) is 5.91 Å². The fourth-order valence-electron chi connectivity index (χ4n) is 2.83. The fourth-order valence-corrected chi connectivity index (χ4v) is 2.83. The molecule has 0 aliphatic carbocycles. The third-order valence-corrected chi connectivity index (χ3v) is 4.66. The Kier molecular flexibility index (Phi) is 7.27. The Morgan fingerprint density at radius 2 is 1.81 bits per heavy atom. The first-order valence-corrected chi connectivity index (χ1v) is 9.92. The van der Waals surface area contributed by atoms with Crippen molar-refractivity contribution in [3.8, 4) is 0 Å². The van der Waals surface area contributed by atoms with E-state index in [1.54, 1.807) is 36.4 Å². The van der Waals surface area contributed by atoms with Crippen LogP contribution in [0.15, 0.2) is 53.3 Å². The number of nitrogens with zero attached hydrogens (tertiary/aromatic N) is 4. The second-order valence-corrected chi connectivity index (χ2v) is 7.21. The smallest absolute Gasteiger partial charge is 0.308 e. The highest BCUT2D eigenvalue weighted by Crippen LogP contribution is 2.08. The van der Waals surface area contributed by atoms with Crippen molar-refractivity contribution in [2.75, 3.05) is 25.5 Å². The van der Waals surface area contributed by atoms with Crippen molar-refractivity contribution in [3.05, 3.63) is 64.4 Å². The molecule has 0 aliphatic heterocycles. The average Bonchev–Trinajstić information content (AvgIpc) is 2.78. The number of fused-ring (bicyclic) bond motifs is 1. The quantitative estimate of drug-likeness (QED) is 0.524. The highest BCUT2D eigenvalue weighted by molar-refractivity contribution is 5.94. The summed E-state index contributed by atoms with van der Waals surface area (Å²) in [6.45, 7) is 1.21. The van der Waals surface area contributed by atoms with Gasteiger partial charge in [-0.3, -0.25) is 19.2 Å². The number of amides is 2. The summed E-state index contributed by atoms with van der Waals surface area (Å²) in [6.07, 6.45) is -0.155. The second kappa shape index (κ2) is 10.3. The van der Waals surface area contributed by atoms with Crippen LogP contribution in [-0.4, -0.2) is 57.9 Å². The van der Waals surface area contributed by atoms with Gasteiger partial charge in [-0.1, -0.05) is 35.0 Å². The number of aryl methyl sites for hydroxylation is 2. The first-order chi connectivity index (χ1) is 15.3. The topological polar surface area (TPSA) is 123 Å². The van der Waals surface area contributed by atoms with Gasteiger partial charge in [-0.05, 0) is 31.2 Å². The minimum absolute atomic E-state index is 0.0293. The molecule has 1 heterocycles. The van der Waals surface area contributed by atoms with E-state index in [1.165, 1.54) is 7.05 Å². The van der Waals surface area contributed by atoms with Gasteiger partial charge in [0, 0.05) is 12.7 Å². The molecule has 3 aromatic rings. The highest BCUT2D eigenvalue weighted by atomic mass is 16.5. The van der Waals surface area contributed by atoms with Crippen LogP contribution in [0.5, 0.6) is 0 Å². The summed E-state index contributed by atoms with van der Waals surface area (Å²) in [6, 6.07) is 14.0. The Morgan fingerprint density at radius 1 is 1.09 bits per heavy atom. The van der Waals surface area contributed by atoms with Gasteiger partial charge in [0.25, 0.3) is 11.5 Å². The van der Waals surface area contributed by atoms with Crippen molar-refractivity contribution in [1.29, 1.82) is 0 Å². The monoisotopic (exact) mass is 437 g/mol. The zero-order valence-electron chi connectivity index (χ0n) is 17.8. The summed E-state index contributed by atoms with van der Waals surface area (Å²) in [4.78, 5) is 49.7. The molecular weight excluding hydrogens is 414 g/mol. The number of carbonyl (C=O) groups is 3. The van der Waals surface area contributed by atoms with E-state index in [0.717, 1.165) is 15.1 Å². The molecule has 2 amide bonds. The summed E-state index contributed by atoms with van der Waals surface area (Å²) in [5, 5.41) is 10.8. The Labute approximate surface area is 183 Å². The molecule has 1 aromatic heterocycles. The molecule has 10 heteroatoms. The van der Waals surface area contributed by atoms with E-state index in [-0.39, 0.29) is 31.0 Å². The van der Waals surface area contributed by atoms with E-state index >= 15 is 0 Å². The predicted octanol–water partition coefficient (Wildman–Crippen LogP) is 1.13. The summed E-state index contributed by atoms with van der Waals surface area (Å²) in [5.74, 6) is -1.57. The van der Waals surface area contributed by atoms with Crippen LogP contribution in [0.2, 0.25) is 0 Å². The lowest BCUT2D eigenvalue weighted by atomic mass is 10.2. The number of ether oxygens (including phenoxy) is 1. The van der Waals surface area contributed by atoms with Crippen molar-refractivity contribution < 1.29 is 19.1 Å². The third kappa shape index (κ3) is 5.97. The van der Waals surface area contributed by atoms with Gasteiger partial charge >= 0.3 is 5.97 Å². The van der Waals surface area contributed by atoms with E-state index < -0.39 is 18.5 Å². The maximum Gasteiger partial charge on any atom is 0.308 e. The van der Waals surface area contributed by atoms with Gasteiger partial charge in [-0.25, -0.2) is 4.68 Å². The van der Waals surface area contributed by atoms with E-state index in [2.05, 4.69) is 15.6 Å². The van der Waals surface area contributed by atoms with E-state index in [0.29, 0.717) is 16.6 Å². The molecular formula is C22H23N5O5. The molecule has 2 aromatic carbocycles. The zero-order chi connectivity index (χ0) is 23.1. The zero-order valence-corrected chi connectivity index (χ0v) is 17.8. The van der Waals surface area contributed by atoms with E-state index in [4.69, 9.17) is 4.74 Å². The number of hydrogen-bond acceptors (Lipinski definition) is 7. The highest BCUT2D eigenvalue weighted by Gasteiger charge is 2.16. The average molecular weight is 437 g/mol. The van der Waals surface area contributed by atoms with Crippen LogP contribution in [0, 0.1) is 6.92 Å². The molecule has 32 heavy (non-hydrogen) atoms. The first kappa shape index (κ1) is 22.6. The van der Waals surface area contributed by atoms with Crippen molar-refractivity contribution in [3.63, 3.8) is 0 Å². The molecule has 0 radical (unpaired) electrons. The Balaban J connectivity index is 1.43. The van der Waals surface area contributed by atoms with Gasteiger partial charge in [0.15, 0.2) is 6.61 Å². The van der Waals surface area contributed by atoms with Gasteiger partial charge in [0.05, 0.1) is 24.9 Å². The number of anilines is 1. The fraction of sp³-hybridized carbons (Fsp3) is 0.273. The van der Waals surface area contributed by atoms with Crippen LogP contribution < -0.4 is 10.9 Å². The van der Waals surface area contributed by atoms with Crippen LogP contribution >= 0.6 is 0 Å². The van der Waals surface area contributed by atoms with Crippen LogP contribution in [0.4, 0.5) is 5.69 Å². The lowest BCUT2D eigenvalue weighted by Crippen LogP contribution is -2.37. The molecule has 0 unspecified atom stereocenters. The molecule has 0 aliphatic rings. The van der Waals surface area contributed by atoms with Crippen LogP contribution in [0.1, 0.15) is 12.0 Å². The molecule has 3 rings (SSSR count). The second-order valence-electron chi connectivity index (χ2n) is 7.21. The molecule has 0 bridgehead atoms. The SMILES string of the molecule is Cc1ccc(NC(=O)CN(C)C(=O)COC(=O)CCn2nnc3ccccc3c2=O)cc1. The lowest BCUT2D eigenvalue weighted by Gasteiger charge is -2.17. The van der Waals surface area contributed by atoms with Crippen LogP contribution in [0.3, 0.4) is 0 Å². The Hall–Kier alpha value is -4.08. The maximum absolute atomic E-state index is 12.4. The third-order valence-electron chi connectivity index (χ3n) is 4.66. The molecule has 0 saturated heterocycles. The number of likely N-dealkylation sites (N-methyl/N-ethyl adjacent to an activating group) is 1. The van der Waals surface area contributed by atoms with Gasteiger partial charge in [0.1, 0.15) is 5.52 Å². The molecule has 0 atom stereocenters. The molecule has 166 valence electrons. The predicted molar refractivity (Wildman–Crippen MR) is 117 cm³/mol. The minimum Gasteiger partial charge on any atom is -0.456 e. The van der Waals surface area contributed by atoms with Gasteiger partial charge in [-0.2, -0.15) is 0 Å². The van der Waals surface area contributed by atoms with Crippen molar-refractivity contribution in [2.45, 2.75) is 19.9 Å². The standard InChI is InChI=1S/C22H23N5O5/c1-15-7-9-16(10-8-15)23-19(28)13-26(2)20(29)14-32-21(30)11-12-27-22(31)17-5-3-4-6-18(17)24-25-27/h3-10H,11-14H2,1-2H3,(H,23,28). The largest absolute Gasteiger partial charge is 0.456 e. The number of benzene rings is 2.